The highest BCUT2D eigenvalue weighted by atomic mass is 16.4. The van der Waals surface area contributed by atoms with Crippen molar-refractivity contribution in [3.05, 3.63) is 42.0 Å². The van der Waals surface area contributed by atoms with Gasteiger partial charge in [-0.25, -0.2) is 0 Å². The normalized spacial score (nSPS) is 9.29. The minimum Gasteiger partial charge on any atom is -0.481 e. The Morgan fingerprint density at radius 1 is 1.36 bits per heavy atom. The van der Waals surface area contributed by atoms with Crippen LogP contribution < -0.4 is 0 Å². The van der Waals surface area contributed by atoms with Crippen LogP contribution >= 0.6 is 0 Å². The summed E-state index contributed by atoms with van der Waals surface area (Å²) in [5, 5.41) is 15.9. The largest absolute Gasteiger partial charge is 0.481 e. The lowest BCUT2D eigenvalue weighted by molar-refractivity contribution is -0.134. The van der Waals surface area contributed by atoms with Crippen LogP contribution in [-0.2, 0) is 4.79 Å². The Hall–Kier alpha value is -1.61. The Kier molecular flexibility index (Phi) is 7.09. The minimum atomic E-state index is -0.833. The molecule has 0 spiro atoms. The summed E-state index contributed by atoms with van der Waals surface area (Å²) in [5.41, 5.74) is 1.12. The van der Waals surface area contributed by atoms with E-state index in [2.05, 4.69) is 0 Å². The van der Waals surface area contributed by atoms with E-state index in [0.29, 0.717) is 0 Å². The van der Waals surface area contributed by atoms with Crippen LogP contribution in [0.1, 0.15) is 12.5 Å². The van der Waals surface area contributed by atoms with Crippen LogP contribution in [0.4, 0.5) is 0 Å². The molecular weight excluding hydrogens is 180 g/mol. The number of benzene rings is 1. The number of carboxylic acids is 1. The van der Waals surface area contributed by atoms with Crippen LogP contribution in [0.3, 0.4) is 0 Å². The third-order valence-electron chi connectivity index (χ3n) is 1.22. The molecule has 14 heavy (non-hydrogen) atoms. The van der Waals surface area contributed by atoms with Gasteiger partial charge in [-0.3, -0.25) is 4.79 Å². The second kappa shape index (κ2) is 8.01. The first kappa shape index (κ1) is 12.4. The zero-order chi connectivity index (χ0) is 10.8. The summed E-state index contributed by atoms with van der Waals surface area (Å²) in [6.45, 7) is 1.19. The molecule has 1 rings (SSSR count). The topological polar surface area (TPSA) is 57.5 Å². The molecule has 3 heteroatoms. The number of carboxylic acid groups (broad SMARTS) is 1. The third-order valence-corrected chi connectivity index (χ3v) is 1.22. The van der Waals surface area contributed by atoms with Gasteiger partial charge in [0.05, 0.1) is 6.61 Å². The lowest BCUT2D eigenvalue weighted by Gasteiger charge is -1.88. The quantitative estimate of drug-likeness (QED) is 0.754. The van der Waals surface area contributed by atoms with Gasteiger partial charge in [0.2, 0.25) is 0 Å². The molecule has 1 aromatic rings. The monoisotopic (exact) mass is 194 g/mol. The van der Waals surface area contributed by atoms with Gasteiger partial charge in [-0.2, -0.15) is 0 Å². The van der Waals surface area contributed by atoms with E-state index in [4.69, 9.17) is 15.0 Å². The Bertz CT molecular complexity index is 274. The van der Waals surface area contributed by atoms with Crippen LogP contribution in [0, 0.1) is 0 Å². The number of carbonyl (C=O) groups is 1. The number of aliphatic hydroxyl groups excluding tert-OH is 1. The summed E-state index contributed by atoms with van der Waals surface area (Å²) in [6, 6.07) is 9.89. The lowest BCUT2D eigenvalue weighted by Crippen LogP contribution is -1.78. The van der Waals surface area contributed by atoms with Gasteiger partial charge < -0.3 is 10.2 Å². The first-order chi connectivity index (χ1) is 6.66. The van der Waals surface area contributed by atoms with E-state index in [1.165, 1.54) is 0 Å². The summed E-state index contributed by atoms with van der Waals surface area (Å²) in [6.07, 6.45) is 3.61. The van der Waals surface area contributed by atoms with Gasteiger partial charge >= 0.3 is 0 Å². The van der Waals surface area contributed by atoms with Crippen molar-refractivity contribution >= 4 is 12.0 Å². The lowest BCUT2D eigenvalue weighted by atomic mass is 10.2. The summed E-state index contributed by atoms with van der Waals surface area (Å²) in [5.74, 6) is -0.833. The van der Waals surface area contributed by atoms with Crippen molar-refractivity contribution < 1.29 is 15.0 Å². The molecule has 0 aromatic heterocycles. The van der Waals surface area contributed by atoms with Crippen molar-refractivity contribution in [2.24, 2.45) is 0 Å². The molecule has 0 aliphatic carbocycles. The van der Waals surface area contributed by atoms with E-state index >= 15 is 0 Å². The van der Waals surface area contributed by atoms with E-state index in [0.717, 1.165) is 12.5 Å². The van der Waals surface area contributed by atoms with E-state index in [1.54, 1.807) is 6.08 Å². The molecule has 0 atom stereocenters. The molecule has 0 saturated heterocycles. The number of aliphatic carboxylic acids is 1. The van der Waals surface area contributed by atoms with Crippen molar-refractivity contribution in [3.63, 3.8) is 0 Å². The second-order valence-electron chi connectivity index (χ2n) is 2.51. The molecule has 1 aromatic carbocycles. The molecule has 76 valence electrons. The van der Waals surface area contributed by atoms with Crippen molar-refractivity contribution in [1.29, 1.82) is 0 Å². The van der Waals surface area contributed by atoms with E-state index in [1.807, 2.05) is 36.4 Å². The molecule has 0 amide bonds. The highest BCUT2D eigenvalue weighted by molar-refractivity contribution is 5.62. The van der Waals surface area contributed by atoms with Crippen LogP contribution in [-0.4, -0.2) is 22.8 Å². The van der Waals surface area contributed by atoms with Crippen molar-refractivity contribution in [3.8, 4) is 0 Å². The maximum Gasteiger partial charge on any atom is 0.300 e. The highest BCUT2D eigenvalue weighted by Gasteiger charge is 1.79. The van der Waals surface area contributed by atoms with E-state index in [-0.39, 0.29) is 6.61 Å². The predicted molar refractivity (Wildman–Crippen MR) is 55.9 cm³/mol. The first-order valence-corrected chi connectivity index (χ1v) is 4.18. The average molecular weight is 194 g/mol. The second-order valence-corrected chi connectivity index (χ2v) is 2.51. The Labute approximate surface area is 83.3 Å². The molecule has 0 bridgehead atoms. The fraction of sp³-hybridized carbons (Fsp3) is 0.182. The van der Waals surface area contributed by atoms with Gasteiger partial charge in [-0.15, -0.1) is 0 Å². The summed E-state index contributed by atoms with van der Waals surface area (Å²) < 4.78 is 0. The van der Waals surface area contributed by atoms with Gasteiger partial charge in [0.25, 0.3) is 5.97 Å². The molecule has 2 N–H and O–H groups in total. The standard InChI is InChI=1S/C9H10O.C2H4O2/c10-8-4-7-9-5-2-1-3-6-9;1-2(3)4/h1-7,10H,8H2;1H3,(H,3,4)/b7-4+;. The van der Waals surface area contributed by atoms with Crippen LogP contribution in [0.15, 0.2) is 36.4 Å². The maximum absolute atomic E-state index is 9.00. The van der Waals surface area contributed by atoms with Gasteiger partial charge in [0.15, 0.2) is 0 Å². The third kappa shape index (κ3) is 8.49. The molecule has 0 aliphatic rings. The smallest absolute Gasteiger partial charge is 0.300 e. The van der Waals surface area contributed by atoms with Crippen LogP contribution in [0.2, 0.25) is 0 Å². The summed E-state index contributed by atoms with van der Waals surface area (Å²) in [4.78, 5) is 9.00. The molecule has 0 fully saturated rings. The van der Waals surface area contributed by atoms with Crippen molar-refractivity contribution in [1.82, 2.24) is 0 Å². The molecule has 0 heterocycles. The van der Waals surface area contributed by atoms with E-state index < -0.39 is 5.97 Å². The molecular formula is C11H14O3. The zero-order valence-corrected chi connectivity index (χ0v) is 8.05. The van der Waals surface area contributed by atoms with E-state index in [9.17, 15) is 0 Å². The summed E-state index contributed by atoms with van der Waals surface area (Å²) in [7, 11) is 0. The zero-order valence-electron chi connectivity index (χ0n) is 8.05. The molecule has 3 nitrogen and oxygen atoms in total. The maximum atomic E-state index is 9.00. The predicted octanol–water partition coefficient (Wildman–Crippen LogP) is 1.78. The Morgan fingerprint density at radius 2 is 1.86 bits per heavy atom. The van der Waals surface area contributed by atoms with Gasteiger partial charge in [0, 0.05) is 6.92 Å². The number of hydrogen-bond donors (Lipinski definition) is 2. The number of aliphatic hydroxyl groups is 1. The number of hydrogen-bond acceptors (Lipinski definition) is 2. The fourth-order valence-corrected chi connectivity index (χ4v) is 0.753. The van der Waals surface area contributed by atoms with Gasteiger partial charge in [0.1, 0.15) is 0 Å². The summed E-state index contributed by atoms with van der Waals surface area (Å²) >= 11 is 0. The van der Waals surface area contributed by atoms with Crippen LogP contribution in [0.5, 0.6) is 0 Å². The molecule has 0 aliphatic heterocycles. The molecule has 0 unspecified atom stereocenters. The Balaban J connectivity index is 0.000000364. The molecule has 0 saturated carbocycles. The van der Waals surface area contributed by atoms with Gasteiger partial charge in [-0.05, 0) is 5.56 Å². The highest BCUT2D eigenvalue weighted by Crippen LogP contribution is 1.99. The number of rotatable bonds is 2. The van der Waals surface area contributed by atoms with Crippen molar-refractivity contribution in [2.45, 2.75) is 6.92 Å². The van der Waals surface area contributed by atoms with Crippen molar-refractivity contribution in [2.75, 3.05) is 6.61 Å². The minimum absolute atomic E-state index is 0.106. The average Bonchev–Trinajstić information content (AvgIpc) is 2.15. The van der Waals surface area contributed by atoms with Gasteiger partial charge in [-0.1, -0.05) is 42.5 Å². The Morgan fingerprint density at radius 3 is 2.29 bits per heavy atom. The first-order valence-electron chi connectivity index (χ1n) is 4.18. The SMILES string of the molecule is CC(=O)O.OC/C=C/c1ccccc1. The van der Waals surface area contributed by atoms with Crippen LogP contribution in [0.25, 0.3) is 6.08 Å². The molecule has 0 radical (unpaired) electrons. The fourth-order valence-electron chi connectivity index (χ4n) is 0.753.